The molecular formula is C30H25Cl2N3O4S. The summed E-state index contributed by atoms with van der Waals surface area (Å²) in [5, 5.41) is 12.2. The van der Waals surface area contributed by atoms with Crippen LogP contribution in [-0.2, 0) is 4.79 Å². The second kappa shape index (κ2) is 12.2. The number of aliphatic imine (C=N–C) groups is 1. The number of hydrogen-bond acceptors (Lipinski definition) is 6. The molecule has 0 spiro atoms. The summed E-state index contributed by atoms with van der Waals surface area (Å²) in [6, 6.07) is 18.5. The van der Waals surface area contributed by atoms with Crippen molar-refractivity contribution in [1.29, 1.82) is 5.41 Å². The van der Waals surface area contributed by atoms with Crippen molar-refractivity contribution in [3.8, 4) is 17.2 Å². The molecule has 10 heteroatoms. The largest absolute Gasteiger partial charge is 0.490 e. The van der Waals surface area contributed by atoms with Crippen LogP contribution in [-0.4, -0.2) is 41.6 Å². The average Bonchev–Trinajstić information content (AvgIpc) is 3.36. The molecule has 3 aromatic carbocycles. The van der Waals surface area contributed by atoms with Gasteiger partial charge in [0.05, 0.1) is 22.9 Å². The Balaban J connectivity index is 1.35. The number of amides is 1. The first-order valence-corrected chi connectivity index (χ1v) is 14.1. The predicted molar refractivity (Wildman–Crippen MR) is 162 cm³/mol. The summed E-state index contributed by atoms with van der Waals surface area (Å²) in [5.74, 6) is 1.03. The van der Waals surface area contributed by atoms with Crippen molar-refractivity contribution in [3.63, 3.8) is 0 Å². The number of fused-ring (bicyclic) bond motifs is 1. The van der Waals surface area contributed by atoms with E-state index in [2.05, 4.69) is 4.99 Å². The highest BCUT2D eigenvalue weighted by molar-refractivity contribution is 8.17. The number of amidine groups is 2. The zero-order chi connectivity index (χ0) is 28.2. The zero-order valence-electron chi connectivity index (χ0n) is 21.7. The van der Waals surface area contributed by atoms with Crippen molar-refractivity contribution >= 4 is 63.6 Å². The maximum atomic E-state index is 12.9. The Kier molecular flexibility index (Phi) is 8.49. The molecule has 0 saturated carbocycles. The van der Waals surface area contributed by atoms with Crippen LogP contribution in [0.1, 0.15) is 23.6 Å². The van der Waals surface area contributed by atoms with Gasteiger partial charge in [0.25, 0.3) is 5.91 Å². The SMILES string of the molecule is CCOc1cc(/C=C2/C(=N)N3C(c4ccccc4)=CSC3=NC2=O)cc(Cl)c1OCCOc1ccc(Cl)c(C)c1. The van der Waals surface area contributed by atoms with E-state index in [1.54, 1.807) is 35.2 Å². The number of carbonyl (C=O) groups is 1. The molecule has 0 radical (unpaired) electrons. The van der Waals surface area contributed by atoms with Crippen LogP contribution in [0, 0.1) is 12.3 Å². The van der Waals surface area contributed by atoms with E-state index in [-0.39, 0.29) is 24.6 Å². The van der Waals surface area contributed by atoms with E-state index in [9.17, 15) is 4.79 Å². The van der Waals surface area contributed by atoms with Gasteiger partial charge in [-0.25, -0.2) is 0 Å². The summed E-state index contributed by atoms with van der Waals surface area (Å²) in [6.45, 7) is 4.66. The summed E-state index contributed by atoms with van der Waals surface area (Å²) in [6.07, 6.45) is 1.60. The predicted octanol–water partition coefficient (Wildman–Crippen LogP) is 7.46. The van der Waals surface area contributed by atoms with Crippen LogP contribution in [0.5, 0.6) is 17.2 Å². The van der Waals surface area contributed by atoms with Crippen LogP contribution >= 0.6 is 35.0 Å². The summed E-state index contributed by atoms with van der Waals surface area (Å²) < 4.78 is 17.5. The lowest BCUT2D eigenvalue weighted by molar-refractivity contribution is -0.114. The summed E-state index contributed by atoms with van der Waals surface area (Å²) in [7, 11) is 0. The third-order valence-electron chi connectivity index (χ3n) is 6.05. The van der Waals surface area contributed by atoms with Crippen LogP contribution in [0.25, 0.3) is 11.8 Å². The van der Waals surface area contributed by atoms with E-state index in [0.717, 1.165) is 16.8 Å². The molecule has 0 aromatic heterocycles. The van der Waals surface area contributed by atoms with Gasteiger partial charge in [-0.2, -0.15) is 4.99 Å². The van der Waals surface area contributed by atoms with Crippen molar-refractivity contribution in [2.75, 3.05) is 19.8 Å². The quantitative estimate of drug-likeness (QED) is 0.205. The van der Waals surface area contributed by atoms with Gasteiger partial charge in [0.1, 0.15) is 24.8 Å². The third-order valence-corrected chi connectivity index (χ3v) is 7.59. The lowest BCUT2D eigenvalue weighted by Gasteiger charge is -2.27. The third kappa shape index (κ3) is 5.89. The van der Waals surface area contributed by atoms with Gasteiger partial charge in [-0.15, -0.1) is 0 Å². The van der Waals surface area contributed by atoms with Gasteiger partial charge in [-0.1, -0.05) is 65.3 Å². The fraction of sp³-hybridized carbons (Fsp3) is 0.167. The van der Waals surface area contributed by atoms with E-state index in [1.165, 1.54) is 11.8 Å². The molecule has 2 heterocycles. The van der Waals surface area contributed by atoms with E-state index >= 15 is 0 Å². The molecule has 0 bridgehead atoms. The number of aryl methyl sites for hydroxylation is 1. The summed E-state index contributed by atoms with van der Waals surface area (Å²) >= 11 is 14.0. The van der Waals surface area contributed by atoms with Crippen LogP contribution in [0.3, 0.4) is 0 Å². The molecule has 1 N–H and O–H groups in total. The van der Waals surface area contributed by atoms with Crippen molar-refractivity contribution < 1.29 is 19.0 Å². The number of rotatable bonds is 9. The first kappa shape index (κ1) is 27.8. The van der Waals surface area contributed by atoms with Gasteiger partial charge in [0, 0.05) is 10.4 Å². The number of thioether (sulfide) groups is 1. The van der Waals surface area contributed by atoms with Gasteiger partial charge in [-0.05, 0) is 66.9 Å². The summed E-state index contributed by atoms with van der Waals surface area (Å²) in [5.41, 5.74) is 3.37. The minimum Gasteiger partial charge on any atom is -0.490 e. The van der Waals surface area contributed by atoms with Crippen molar-refractivity contribution in [1.82, 2.24) is 4.90 Å². The summed E-state index contributed by atoms with van der Waals surface area (Å²) in [4.78, 5) is 18.8. The van der Waals surface area contributed by atoms with Crippen molar-refractivity contribution in [2.45, 2.75) is 13.8 Å². The van der Waals surface area contributed by atoms with Crippen molar-refractivity contribution in [3.05, 3.63) is 98.4 Å². The van der Waals surface area contributed by atoms with Gasteiger partial charge >= 0.3 is 0 Å². The number of benzene rings is 3. The molecular weight excluding hydrogens is 569 g/mol. The highest BCUT2D eigenvalue weighted by atomic mass is 35.5. The van der Waals surface area contributed by atoms with Gasteiger partial charge < -0.3 is 14.2 Å². The molecule has 2 aliphatic rings. The minimum absolute atomic E-state index is 0.0408. The molecule has 204 valence electrons. The normalized spacial score (nSPS) is 15.6. The molecule has 0 aliphatic carbocycles. The molecule has 40 heavy (non-hydrogen) atoms. The molecule has 1 amide bonds. The molecule has 0 atom stereocenters. The van der Waals surface area contributed by atoms with Gasteiger partial charge in [0.2, 0.25) is 0 Å². The Hall–Kier alpha value is -3.72. The van der Waals surface area contributed by atoms with Crippen LogP contribution in [0.15, 0.2) is 76.6 Å². The number of ether oxygens (including phenoxy) is 3. The fourth-order valence-electron chi connectivity index (χ4n) is 4.17. The molecule has 2 aliphatic heterocycles. The highest BCUT2D eigenvalue weighted by Crippen LogP contribution is 2.40. The fourth-order valence-corrected chi connectivity index (χ4v) is 5.45. The number of nitrogens with zero attached hydrogens (tertiary/aromatic N) is 2. The Labute approximate surface area is 246 Å². The van der Waals surface area contributed by atoms with Crippen LogP contribution < -0.4 is 14.2 Å². The molecule has 7 nitrogen and oxygen atoms in total. The molecule has 0 fully saturated rings. The second-order valence-corrected chi connectivity index (χ2v) is 10.5. The first-order valence-electron chi connectivity index (χ1n) is 12.5. The average molecular weight is 595 g/mol. The van der Waals surface area contributed by atoms with Crippen molar-refractivity contribution in [2.24, 2.45) is 4.99 Å². The monoisotopic (exact) mass is 593 g/mol. The molecule has 0 saturated heterocycles. The Morgan fingerprint density at radius 3 is 2.52 bits per heavy atom. The number of hydrogen-bond donors (Lipinski definition) is 1. The number of halogens is 2. The van der Waals surface area contributed by atoms with E-state index in [4.69, 9.17) is 42.8 Å². The Bertz CT molecular complexity index is 1570. The van der Waals surface area contributed by atoms with E-state index in [1.807, 2.05) is 55.7 Å². The second-order valence-electron chi connectivity index (χ2n) is 8.80. The Morgan fingerprint density at radius 1 is 1.00 bits per heavy atom. The van der Waals surface area contributed by atoms with Gasteiger partial charge in [0.15, 0.2) is 16.7 Å². The topological polar surface area (TPSA) is 84.2 Å². The maximum Gasteiger partial charge on any atom is 0.283 e. The minimum atomic E-state index is -0.490. The molecule has 3 aromatic rings. The van der Waals surface area contributed by atoms with Gasteiger partial charge in [-0.3, -0.25) is 15.1 Å². The Morgan fingerprint density at radius 2 is 1.77 bits per heavy atom. The smallest absolute Gasteiger partial charge is 0.283 e. The zero-order valence-corrected chi connectivity index (χ0v) is 24.1. The van der Waals surface area contributed by atoms with E-state index in [0.29, 0.717) is 44.6 Å². The lowest BCUT2D eigenvalue weighted by Crippen LogP contribution is -2.38. The molecule has 0 unspecified atom stereocenters. The van der Waals surface area contributed by atoms with Crippen LogP contribution in [0.2, 0.25) is 10.0 Å². The van der Waals surface area contributed by atoms with E-state index < -0.39 is 5.91 Å². The maximum absolute atomic E-state index is 12.9. The lowest BCUT2D eigenvalue weighted by atomic mass is 10.1. The molecule has 5 rings (SSSR count). The first-order chi connectivity index (χ1) is 19.4. The number of carbonyl (C=O) groups excluding carboxylic acids is 1. The number of nitrogens with one attached hydrogen (secondary N) is 1. The highest BCUT2D eigenvalue weighted by Gasteiger charge is 2.36. The standard InChI is InChI=1S/C30H25Cl2N3O4S/c1-3-37-26-16-19(15-24(32)27(26)39-12-11-38-21-9-10-23(31)18(2)13-21)14-22-28(33)35-25(20-7-5-4-6-8-20)17-40-30(35)34-29(22)36/h4-10,13-17,33H,3,11-12H2,1-2H3/b22-14-,33-28?. The van der Waals surface area contributed by atoms with Crippen LogP contribution in [0.4, 0.5) is 0 Å².